The number of rotatable bonds is 4. The van der Waals surface area contributed by atoms with Gasteiger partial charge in [0.05, 0.1) is 21.4 Å². The van der Waals surface area contributed by atoms with Crippen molar-refractivity contribution in [2.45, 2.75) is 6.42 Å². The van der Waals surface area contributed by atoms with E-state index in [1.807, 2.05) is 0 Å². The van der Waals surface area contributed by atoms with Crippen molar-refractivity contribution in [2.75, 3.05) is 21.9 Å². The van der Waals surface area contributed by atoms with E-state index in [0.717, 1.165) is 6.07 Å². The number of amides is 1. The van der Waals surface area contributed by atoms with Crippen LogP contribution in [0.3, 0.4) is 0 Å². The van der Waals surface area contributed by atoms with Crippen molar-refractivity contribution in [1.29, 1.82) is 0 Å². The zero-order valence-electron chi connectivity index (χ0n) is 13.7. The Hall–Kier alpha value is -2.36. The summed E-state index contributed by atoms with van der Waals surface area (Å²) in [7, 11) is -3.45. The van der Waals surface area contributed by atoms with Crippen LogP contribution in [0.25, 0.3) is 0 Å². The van der Waals surface area contributed by atoms with Crippen molar-refractivity contribution in [3.05, 3.63) is 62.1 Å². The second-order valence-corrected chi connectivity index (χ2v) is 8.64. The lowest BCUT2D eigenvalue weighted by molar-refractivity contribution is -0.385. The van der Waals surface area contributed by atoms with Gasteiger partial charge in [0.15, 0.2) is 0 Å². The first-order valence-electron chi connectivity index (χ1n) is 7.74. The average molecular weight is 430 g/mol. The largest absolute Gasteiger partial charge is 0.322 e. The quantitative estimate of drug-likeness (QED) is 0.588. The molecule has 0 atom stereocenters. The number of halogens is 2. The fraction of sp³-hybridized carbons (Fsp3) is 0.188. The molecule has 0 bridgehead atoms. The number of hydrogen-bond donors (Lipinski definition) is 1. The molecular formula is C16H13Cl2N3O5S. The molecule has 142 valence electrons. The molecule has 1 heterocycles. The molecule has 1 aliphatic heterocycles. The number of nitrogens with one attached hydrogen (secondary N) is 1. The summed E-state index contributed by atoms with van der Waals surface area (Å²) in [6.07, 6.45) is 0.476. The minimum Gasteiger partial charge on any atom is -0.322 e. The van der Waals surface area contributed by atoms with Crippen LogP contribution in [-0.2, 0) is 10.0 Å². The van der Waals surface area contributed by atoms with Gasteiger partial charge in [-0.15, -0.1) is 0 Å². The molecule has 1 fully saturated rings. The third kappa shape index (κ3) is 4.00. The SMILES string of the molecule is O=C(Nc1ccc(Cl)c(N2CCCS2(=O)=O)c1)c1cc(Cl)ccc1[N+](=O)[O-]. The van der Waals surface area contributed by atoms with Crippen molar-refractivity contribution in [2.24, 2.45) is 0 Å². The van der Waals surface area contributed by atoms with Crippen LogP contribution >= 0.6 is 23.2 Å². The van der Waals surface area contributed by atoms with Crippen LogP contribution in [0.2, 0.25) is 10.0 Å². The summed E-state index contributed by atoms with van der Waals surface area (Å²) >= 11 is 12.0. The minimum absolute atomic E-state index is 0.0224. The van der Waals surface area contributed by atoms with Crippen LogP contribution in [0, 0.1) is 10.1 Å². The number of nitro groups is 1. The molecular weight excluding hydrogens is 417 g/mol. The van der Waals surface area contributed by atoms with Gasteiger partial charge >= 0.3 is 0 Å². The van der Waals surface area contributed by atoms with E-state index in [1.54, 1.807) is 0 Å². The summed E-state index contributed by atoms with van der Waals surface area (Å²) in [5, 5.41) is 14.0. The van der Waals surface area contributed by atoms with Gasteiger partial charge in [0.25, 0.3) is 11.6 Å². The molecule has 0 spiro atoms. The van der Waals surface area contributed by atoms with Gasteiger partial charge in [-0.25, -0.2) is 8.42 Å². The fourth-order valence-electron chi connectivity index (χ4n) is 2.74. The molecule has 0 aromatic heterocycles. The second-order valence-electron chi connectivity index (χ2n) is 5.78. The lowest BCUT2D eigenvalue weighted by atomic mass is 10.1. The predicted octanol–water partition coefficient (Wildman–Crippen LogP) is 3.69. The molecule has 1 saturated heterocycles. The standard InChI is InChI=1S/C16H13Cl2N3O5S/c17-10-2-5-14(21(23)24)12(8-10)16(22)19-11-3-4-13(18)15(9-11)20-6-1-7-27(20,25)26/h2-5,8-9H,1,6-7H2,(H,19,22). The third-order valence-corrected chi connectivity index (χ3v) is 6.38. The molecule has 1 aliphatic rings. The van der Waals surface area contributed by atoms with Crippen molar-refractivity contribution in [1.82, 2.24) is 0 Å². The average Bonchev–Trinajstić information content (AvgIpc) is 2.95. The zero-order chi connectivity index (χ0) is 19.8. The summed E-state index contributed by atoms with van der Waals surface area (Å²) in [5.41, 5.74) is -0.116. The Balaban J connectivity index is 1.93. The Labute approximate surface area is 164 Å². The van der Waals surface area contributed by atoms with Gasteiger partial charge in [-0.2, -0.15) is 0 Å². The molecule has 3 rings (SSSR count). The van der Waals surface area contributed by atoms with E-state index in [0.29, 0.717) is 13.0 Å². The van der Waals surface area contributed by atoms with Crippen molar-refractivity contribution in [3.8, 4) is 0 Å². The lowest BCUT2D eigenvalue weighted by Gasteiger charge is -2.19. The van der Waals surface area contributed by atoms with Gasteiger partial charge in [-0.05, 0) is 36.8 Å². The smallest absolute Gasteiger partial charge is 0.282 e. The van der Waals surface area contributed by atoms with Crippen LogP contribution < -0.4 is 9.62 Å². The van der Waals surface area contributed by atoms with Gasteiger partial charge in [0, 0.05) is 23.3 Å². The summed E-state index contributed by atoms with van der Waals surface area (Å²) in [4.78, 5) is 22.9. The highest BCUT2D eigenvalue weighted by molar-refractivity contribution is 7.93. The van der Waals surface area contributed by atoms with Gasteiger partial charge in [0.2, 0.25) is 10.0 Å². The summed E-state index contributed by atoms with van der Waals surface area (Å²) < 4.78 is 25.4. The van der Waals surface area contributed by atoms with E-state index in [4.69, 9.17) is 23.2 Å². The normalized spacial score (nSPS) is 15.6. The topological polar surface area (TPSA) is 110 Å². The monoisotopic (exact) mass is 429 g/mol. The summed E-state index contributed by atoms with van der Waals surface area (Å²) in [6, 6.07) is 7.99. The first-order chi connectivity index (χ1) is 12.7. The maximum Gasteiger partial charge on any atom is 0.282 e. The number of carbonyl (C=O) groups excluding carboxylic acids is 1. The Kier molecular flexibility index (Phi) is 5.27. The number of anilines is 2. The highest BCUT2D eigenvalue weighted by Gasteiger charge is 2.30. The maximum absolute atomic E-state index is 12.5. The molecule has 2 aromatic rings. The Bertz CT molecular complexity index is 1040. The maximum atomic E-state index is 12.5. The van der Waals surface area contributed by atoms with Crippen LogP contribution in [-0.4, -0.2) is 31.5 Å². The van der Waals surface area contributed by atoms with Crippen LogP contribution in [0.15, 0.2) is 36.4 Å². The molecule has 11 heteroatoms. The van der Waals surface area contributed by atoms with Gasteiger partial charge in [-0.1, -0.05) is 23.2 Å². The minimum atomic E-state index is -3.45. The Morgan fingerprint density at radius 1 is 1.19 bits per heavy atom. The zero-order valence-corrected chi connectivity index (χ0v) is 16.0. The van der Waals surface area contributed by atoms with Crippen LogP contribution in [0.1, 0.15) is 16.8 Å². The number of sulfonamides is 1. The molecule has 8 nitrogen and oxygen atoms in total. The highest BCUT2D eigenvalue weighted by Crippen LogP contribution is 2.34. The van der Waals surface area contributed by atoms with E-state index in [-0.39, 0.29) is 32.7 Å². The molecule has 1 N–H and O–H groups in total. The summed E-state index contributed by atoms with van der Waals surface area (Å²) in [5.74, 6) is -0.726. The van der Waals surface area contributed by atoms with E-state index in [1.165, 1.54) is 34.6 Å². The number of nitrogens with zero attached hydrogens (tertiary/aromatic N) is 2. The van der Waals surface area contributed by atoms with E-state index in [9.17, 15) is 23.3 Å². The summed E-state index contributed by atoms with van der Waals surface area (Å²) in [6.45, 7) is 0.291. The van der Waals surface area contributed by atoms with Crippen molar-refractivity contribution < 1.29 is 18.1 Å². The van der Waals surface area contributed by atoms with Crippen molar-refractivity contribution >= 4 is 56.2 Å². The molecule has 0 unspecified atom stereocenters. The Morgan fingerprint density at radius 3 is 2.56 bits per heavy atom. The number of hydrogen-bond acceptors (Lipinski definition) is 5. The lowest BCUT2D eigenvalue weighted by Crippen LogP contribution is -2.25. The first kappa shape index (κ1) is 19.4. The molecule has 27 heavy (non-hydrogen) atoms. The van der Waals surface area contributed by atoms with E-state index >= 15 is 0 Å². The van der Waals surface area contributed by atoms with E-state index in [2.05, 4.69) is 5.32 Å². The van der Waals surface area contributed by atoms with Gasteiger partial charge < -0.3 is 5.32 Å². The van der Waals surface area contributed by atoms with Crippen LogP contribution in [0.4, 0.5) is 17.1 Å². The fourth-order valence-corrected chi connectivity index (χ4v) is 4.75. The molecule has 0 saturated carbocycles. The van der Waals surface area contributed by atoms with Gasteiger partial charge in [0.1, 0.15) is 5.56 Å². The first-order valence-corrected chi connectivity index (χ1v) is 10.1. The highest BCUT2D eigenvalue weighted by atomic mass is 35.5. The second kappa shape index (κ2) is 7.34. The Morgan fingerprint density at radius 2 is 1.93 bits per heavy atom. The molecule has 2 aromatic carbocycles. The molecule has 1 amide bonds. The number of carbonyl (C=O) groups is 1. The van der Waals surface area contributed by atoms with Crippen molar-refractivity contribution in [3.63, 3.8) is 0 Å². The van der Waals surface area contributed by atoms with Crippen LogP contribution in [0.5, 0.6) is 0 Å². The predicted molar refractivity (Wildman–Crippen MR) is 103 cm³/mol. The van der Waals surface area contributed by atoms with E-state index < -0.39 is 26.5 Å². The number of nitro benzene ring substituents is 1. The third-order valence-electron chi connectivity index (χ3n) is 3.97. The molecule has 0 radical (unpaired) electrons. The molecule has 0 aliphatic carbocycles. The number of benzene rings is 2. The van der Waals surface area contributed by atoms with Gasteiger partial charge in [-0.3, -0.25) is 19.2 Å².